The Morgan fingerprint density at radius 1 is 1.55 bits per heavy atom. The first-order chi connectivity index (χ1) is 9.63. The maximum Gasteiger partial charge on any atom is 0.255 e. The van der Waals surface area contributed by atoms with E-state index >= 15 is 0 Å². The molecule has 1 unspecified atom stereocenters. The van der Waals surface area contributed by atoms with E-state index in [2.05, 4.69) is 5.32 Å². The predicted molar refractivity (Wildman–Crippen MR) is 75.4 cm³/mol. The monoisotopic (exact) mass is 300 g/mol. The van der Waals surface area contributed by atoms with Gasteiger partial charge in [0.05, 0.1) is 17.2 Å². The molecule has 0 radical (unpaired) electrons. The number of rotatable bonds is 5. The zero-order valence-electron chi connectivity index (χ0n) is 11.1. The molecule has 110 valence electrons. The van der Waals surface area contributed by atoms with Crippen molar-refractivity contribution < 1.29 is 14.3 Å². The van der Waals surface area contributed by atoms with Gasteiger partial charge in [-0.3, -0.25) is 4.79 Å². The van der Waals surface area contributed by atoms with Crippen molar-refractivity contribution in [3.63, 3.8) is 0 Å². The van der Waals surface area contributed by atoms with Crippen molar-refractivity contribution in [1.29, 1.82) is 0 Å². The third kappa shape index (κ3) is 3.48. The van der Waals surface area contributed by atoms with Crippen LogP contribution >= 0.6 is 11.6 Å². The number of amides is 1. The van der Waals surface area contributed by atoms with Gasteiger partial charge in [0.15, 0.2) is 0 Å². The quantitative estimate of drug-likeness (QED) is 0.870. The van der Waals surface area contributed by atoms with E-state index in [1.54, 1.807) is 0 Å². The van der Waals surface area contributed by atoms with Gasteiger partial charge in [-0.2, -0.15) is 0 Å². The van der Waals surface area contributed by atoms with Crippen LogP contribution < -0.4 is 5.32 Å². The molecule has 0 aliphatic carbocycles. The summed E-state index contributed by atoms with van der Waals surface area (Å²) in [5.41, 5.74) is 0.137. The molecule has 1 fully saturated rings. The number of aliphatic hydroxyl groups is 1. The summed E-state index contributed by atoms with van der Waals surface area (Å²) in [5, 5.41) is 12.2. The first-order valence-electron chi connectivity index (χ1n) is 6.71. The van der Waals surface area contributed by atoms with Gasteiger partial charge in [0.25, 0.3) is 5.91 Å². The number of carbonyl (C=O) groups excluding carboxylic acids is 1. The first kappa shape index (κ1) is 15.2. The van der Waals surface area contributed by atoms with E-state index in [9.17, 15) is 9.18 Å². The first-order valence-corrected chi connectivity index (χ1v) is 7.09. The number of nitrogens with zero attached hydrogens (tertiary/aromatic N) is 1. The molecule has 0 aromatic heterocycles. The fraction of sp³-hybridized carbons (Fsp3) is 0.500. The Labute approximate surface area is 122 Å². The molecule has 6 heteroatoms. The number of benzene rings is 1. The highest BCUT2D eigenvalue weighted by Gasteiger charge is 2.24. The summed E-state index contributed by atoms with van der Waals surface area (Å²) in [4.78, 5) is 13.9. The topological polar surface area (TPSA) is 52.6 Å². The van der Waals surface area contributed by atoms with Gasteiger partial charge >= 0.3 is 0 Å². The number of hydrogen-bond acceptors (Lipinski definition) is 3. The van der Waals surface area contributed by atoms with Gasteiger partial charge in [-0.25, -0.2) is 4.39 Å². The van der Waals surface area contributed by atoms with Gasteiger partial charge in [0, 0.05) is 19.1 Å². The average Bonchev–Trinajstić information content (AvgIpc) is 2.94. The van der Waals surface area contributed by atoms with Crippen LogP contribution in [-0.2, 0) is 0 Å². The summed E-state index contributed by atoms with van der Waals surface area (Å²) < 4.78 is 13.4. The Morgan fingerprint density at radius 2 is 2.35 bits per heavy atom. The molecule has 1 aliphatic heterocycles. The maximum atomic E-state index is 13.4. The molecule has 0 saturated carbocycles. The van der Waals surface area contributed by atoms with E-state index in [1.807, 2.05) is 0 Å². The van der Waals surface area contributed by atoms with Crippen LogP contribution in [0.3, 0.4) is 0 Å². The van der Waals surface area contributed by atoms with Gasteiger partial charge in [0.1, 0.15) is 5.82 Å². The Morgan fingerprint density at radius 3 is 3.00 bits per heavy atom. The normalized spacial score (nSPS) is 18.2. The lowest BCUT2D eigenvalue weighted by Crippen LogP contribution is -2.42. The molecule has 1 aliphatic rings. The van der Waals surface area contributed by atoms with Crippen LogP contribution in [0.2, 0.25) is 5.02 Å². The summed E-state index contributed by atoms with van der Waals surface area (Å²) >= 11 is 5.85. The number of aliphatic hydroxyl groups excluding tert-OH is 1. The summed E-state index contributed by atoms with van der Waals surface area (Å²) in [5.74, 6) is -0.960. The largest absolute Gasteiger partial charge is 0.395 e. The number of nitrogens with one attached hydrogen (secondary N) is 1. The van der Waals surface area contributed by atoms with Crippen molar-refractivity contribution in [3.05, 3.63) is 34.6 Å². The molecule has 1 aromatic rings. The molecule has 0 bridgehead atoms. The SMILES string of the molecule is O=C(c1cccc(F)c1Cl)N(CCO)CC1CCCN1. The van der Waals surface area contributed by atoms with E-state index in [0.717, 1.165) is 19.4 Å². The zero-order chi connectivity index (χ0) is 14.5. The van der Waals surface area contributed by atoms with Crippen molar-refractivity contribution in [2.75, 3.05) is 26.2 Å². The second-order valence-corrected chi connectivity index (χ2v) is 5.25. The molecule has 4 nitrogen and oxygen atoms in total. The lowest BCUT2D eigenvalue weighted by Gasteiger charge is -2.25. The van der Waals surface area contributed by atoms with E-state index in [0.29, 0.717) is 6.54 Å². The molecule has 2 N–H and O–H groups in total. The molecule has 20 heavy (non-hydrogen) atoms. The highest BCUT2D eigenvalue weighted by atomic mass is 35.5. The molecule has 1 heterocycles. The molecular weight excluding hydrogens is 283 g/mol. The molecule has 0 spiro atoms. The second-order valence-electron chi connectivity index (χ2n) is 4.87. The Kier molecular flexibility index (Phi) is 5.34. The van der Waals surface area contributed by atoms with E-state index in [-0.39, 0.29) is 35.7 Å². The van der Waals surface area contributed by atoms with Crippen LogP contribution in [0.5, 0.6) is 0 Å². The van der Waals surface area contributed by atoms with Crippen LogP contribution in [-0.4, -0.2) is 48.2 Å². The number of halogens is 2. The maximum absolute atomic E-state index is 13.4. The van der Waals surface area contributed by atoms with Crippen molar-refractivity contribution in [3.8, 4) is 0 Å². The van der Waals surface area contributed by atoms with Gasteiger partial charge in [-0.05, 0) is 31.5 Å². The Bertz CT molecular complexity index is 478. The molecular formula is C14H18ClFN2O2. The van der Waals surface area contributed by atoms with Gasteiger partial charge in [0.2, 0.25) is 0 Å². The molecule has 2 rings (SSSR count). The lowest BCUT2D eigenvalue weighted by atomic mass is 10.1. The van der Waals surface area contributed by atoms with Crippen molar-refractivity contribution in [2.24, 2.45) is 0 Å². The molecule has 1 saturated heterocycles. The van der Waals surface area contributed by atoms with Gasteiger partial charge < -0.3 is 15.3 Å². The third-order valence-corrected chi connectivity index (χ3v) is 3.83. The predicted octanol–water partition coefficient (Wildman–Crippen LogP) is 1.67. The minimum absolute atomic E-state index is 0.134. The highest BCUT2D eigenvalue weighted by molar-refractivity contribution is 6.34. The fourth-order valence-corrected chi connectivity index (χ4v) is 2.62. The third-order valence-electron chi connectivity index (χ3n) is 3.44. The second kappa shape index (κ2) is 7.02. The summed E-state index contributed by atoms with van der Waals surface area (Å²) in [6, 6.07) is 4.39. The standard InChI is InChI=1S/C14H18ClFN2O2/c15-13-11(4-1-5-12(13)16)14(20)18(7-8-19)9-10-3-2-6-17-10/h1,4-5,10,17,19H,2-3,6-9H2. The van der Waals surface area contributed by atoms with E-state index in [1.165, 1.54) is 23.1 Å². The van der Waals surface area contributed by atoms with E-state index < -0.39 is 5.82 Å². The van der Waals surface area contributed by atoms with Gasteiger partial charge in [-0.15, -0.1) is 0 Å². The van der Waals surface area contributed by atoms with Crippen LogP contribution in [0.4, 0.5) is 4.39 Å². The highest BCUT2D eigenvalue weighted by Crippen LogP contribution is 2.21. The lowest BCUT2D eigenvalue weighted by molar-refractivity contribution is 0.0706. The van der Waals surface area contributed by atoms with Crippen LogP contribution in [0.1, 0.15) is 23.2 Å². The Balaban J connectivity index is 2.14. The number of carbonyl (C=O) groups is 1. The van der Waals surface area contributed by atoms with Crippen LogP contribution in [0.15, 0.2) is 18.2 Å². The zero-order valence-corrected chi connectivity index (χ0v) is 11.9. The van der Waals surface area contributed by atoms with E-state index in [4.69, 9.17) is 16.7 Å². The smallest absolute Gasteiger partial charge is 0.255 e. The summed E-state index contributed by atoms with van der Waals surface area (Å²) in [7, 11) is 0. The van der Waals surface area contributed by atoms with Gasteiger partial charge in [-0.1, -0.05) is 17.7 Å². The molecule has 1 atom stereocenters. The minimum atomic E-state index is -0.611. The summed E-state index contributed by atoms with van der Waals surface area (Å²) in [6.45, 7) is 1.51. The van der Waals surface area contributed by atoms with Crippen molar-refractivity contribution in [2.45, 2.75) is 18.9 Å². The molecule has 1 amide bonds. The molecule has 1 aromatic carbocycles. The number of hydrogen-bond donors (Lipinski definition) is 2. The average molecular weight is 301 g/mol. The van der Waals surface area contributed by atoms with Crippen molar-refractivity contribution in [1.82, 2.24) is 10.2 Å². The van der Waals surface area contributed by atoms with Crippen LogP contribution in [0.25, 0.3) is 0 Å². The Hall–Kier alpha value is -1.17. The van der Waals surface area contributed by atoms with Crippen molar-refractivity contribution >= 4 is 17.5 Å². The minimum Gasteiger partial charge on any atom is -0.395 e. The van der Waals surface area contributed by atoms with Crippen LogP contribution in [0, 0.1) is 5.82 Å². The fourth-order valence-electron chi connectivity index (χ4n) is 2.41. The summed E-state index contributed by atoms with van der Waals surface area (Å²) in [6.07, 6.45) is 2.07.